The summed E-state index contributed by atoms with van der Waals surface area (Å²) in [5, 5.41) is 4.25. The molecule has 2 heteroatoms. The predicted octanol–water partition coefficient (Wildman–Crippen LogP) is 2.88. The lowest BCUT2D eigenvalue weighted by Gasteiger charge is -2.05. The van der Waals surface area contributed by atoms with E-state index in [1.54, 1.807) is 0 Å². The van der Waals surface area contributed by atoms with E-state index in [4.69, 9.17) is 4.42 Å². The number of para-hydroxylation sites is 1. The maximum Gasteiger partial charge on any atom is 0.134 e. The molecule has 0 amide bonds. The molecule has 1 aromatic carbocycles. The maximum atomic E-state index is 5.68. The molecule has 72 valence electrons. The van der Waals surface area contributed by atoms with Crippen molar-refractivity contribution < 1.29 is 4.42 Å². The molecule has 1 atom stereocenters. The van der Waals surface area contributed by atoms with Crippen molar-refractivity contribution in [1.82, 2.24) is 5.32 Å². The van der Waals surface area contributed by atoms with E-state index in [9.17, 15) is 0 Å². The molecule has 0 aliphatic rings. The number of benzene rings is 1. The average molecular weight is 187 g/mol. The minimum atomic E-state index is 0.0856. The van der Waals surface area contributed by atoms with Crippen molar-refractivity contribution in [2.75, 3.05) is 7.05 Å². The molecule has 0 aliphatic carbocycles. The summed E-state index contributed by atoms with van der Waals surface area (Å²) in [5.74, 6) is 0.906. The fourth-order valence-corrected chi connectivity index (χ4v) is 1.53. The second-order valence-corrected chi connectivity index (χ2v) is 3.19. The molecule has 1 unspecified atom stereocenters. The summed E-state index contributed by atoms with van der Waals surface area (Å²) in [4.78, 5) is 0. The van der Waals surface area contributed by atoms with E-state index in [-0.39, 0.29) is 6.04 Å². The van der Waals surface area contributed by atoms with Crippen LogP contribution in [-0.4, -0.2) is 7.05 Å². The van der Waals surface area contributed by atoms with Crippen molar-refractivity contribution in [3.05, 3.63) is 48.7 Å². The Balaban J connectivity index is 2.48. The number of hydrogen-bond acceptors (Lipinski definition) is 2. The van der Waals surface area contributed by atoms with Gasteiger partial charge in [0, 0.05) is 5.39 Å². The van der Waals surface area contributed by atoms with E-state index in [0.717, 1.165) is 16.7 Å². The molecule has 0 spiro atoms. The minimum absolute atomic E-state index is 0.0856. The number of nitrogens with one attached hydrogen (secondary N) is 1. The van der Waals surface area contributed by atoms with Gasteiger partial charge in [0.2, 0.25) is 0 Å². The van der Waals surface area contributed by atoms with Gasteiger partial charge in [-0.25, -0.2) is 0 Å². The van der Waals surface area contributed by atoms with Gasteiger partial charge in [0.25, 0.3) is 0 Å². The van der Waals surface area contributed by atoms with Gasteiger partial charge >= 0.3 is 0 Å². The first kappa shape index (κ1) is 9.03. The summed E-state index contributed by atoms with van der Waals surface area (Å²) in [6, 6.07) is 10.1. The third-order valence-electron chi connectivity index (χ3n) is 2.30. The Morgan fingerprint density at radius 3 is 2.86 bits per heavy atom. The van der Waals surface area contributed by atoms with Crippen LogP contribution in [0.5, 0.6) is 0 Å². The van der Waals surface area contributed by atoms with Crippen LogP contribution < -0.4 is 5.32 Å². The van der Waals surface area contributed by atoms with Gasteiger partial charge in [-0.3, -0.25) is 0 Å². The van der Waals surface area contributed by atoms with E-state index in [1.807, 2.05) is 43.5 Å². The fraction of sp³-hybridized carbons (Fsp3) is 0.167. The molecule has 1 N–H and O–H groups in total. The Morgan fingerprint density at radius 1 is 1.43 bits per heavy atom. The third kappa shape index (κ3) is 1.44. The normalized spacial score (nSPS) is 12.9. The highest BCUT2D eigenvalue weighted by atomic mass is 16.3. The van der Waals surface area contributed by atoms with Crippen LogP contribution in [-0.2, 0) is 0 Å². The first-order valence-electron chi connectivity index (χ1n) is 4.63. The zero-order valence-corrected chi connectivity index (χ0v) is 8.16. The second-order valence-electron chi connectivity index (χ2n) is 3.19. The van der Waals surface area contributed by atoms with Crippen LogP contribution in [0.25, 0.3) is 11.0 Å². The van der Waals surface area contributed by atoms with Crippen molar-refractivity contribution in [3.63, 3.8) is 0 Å². The molecular weight excluding hydrogens is 174 g/mol. The first-order valence-corrected chi connectivity index (χ1v) is 4.63. The Bertz CT molecular complexity index is 411. The molecule has 0 aliphatic heterocycles. The summed E-state index contributed by atoms with van der Waals surface area (Å²) in [5.41, 5.74) is 0.921. The SMILES string of the molecule is C=CC(NC)c1cc2ccccc2o1. The van der Waals surface area contributed by atoms with E-state index in [0.29, 0.717) is 0 Å². The van der Waals surface area contributed by atoms with Crippen LogP contribution in [0.1, 0.15) is 11.8 Å². The van der Waals surface area contributed by atoms with Crippen LogP contribution in [0.2, 0.25) is 0 Å². The van der Waals surface area contributed by atoms with Crippen LogP contribution in [0.3, 0.4) is 0 Å². The van der Waals surface area contributed by atoms with Gasteiger partial charge in [-0.15, -0.1) is 6.58 Å². The summed E-state index contributed by atoms with van der Waals surface area (Å²) < 4.78 is 5.68. The highest BCUT2D eigenvalue weighted by Crippen LogP contribution is 2.23. The van der Waals surface area contributed by atoms with Gasteiger partial charge in [-0.2, -0.15) is 0 Å². The molecule has 0 bridgehead atoms. The zero-order valence-electron chi connectivity index (χ0n) is 8.16. The largest absolute Gasteiger partial charge is 0.459 e. The second kappa shape index (κ2) is 3.68. The van der Waals surface area contributed by atoms with Gasteiger partial charge < -0.3 is 9.73 Å². The molecule has 2 rings (SSSR count). The quantitative estimate of drug-likeness (QED) is 0.747. The molecule has 0 saturated heterocycles. The summed E-state index contributed by atoms with van der Waals surface area (Å²) in [6.07, 6.45) is 1.83. The number of fused-ring (bicyclic) bond motifs is 1. The lowest BCUT2D eigenvalue weighted by atomic mass is 10.2. The monoisotopic (exact) mass is 187 g/mol. The highest BCUT2D eigenvalue weighted by molar-refractivity contribution is 5.77. The van der Waals surface area contributed by atoms with Gasteiger partial charge in [0.05, 0.1) is 6.04 Å². The van der Waals surface area contributed by atoms with E-state index in [1.165, 1.54) is 0 Å². The van der Waals surface area contributed by atoms with Crippen LogP contribution in [0.4, 0.5) is 0 Å². The lowest BCUT2D eigenvalue weighted by molar-refractivity contribution is 0.499. The summed E-state index contributed by atoms with van der Waals surface area (Å²) >= 11 is 0. The molecule has 0 radical (unpaired) electrons. The molecule has 14 heavy (non-hydrogen) atoms. The maximum absolute atomic E-state index is 5.68. The molecule has 2 nitrogen and oxygen atoms in total. The van der Waals surface area contributed by atoms with Crippen molar-refractivity contribution in [2.24, 2.45) is 0 Å². The molecular formula is C12H13NO. The van der Waals surface area contributed by atoms with Crippen LogP contribution in [0, 0.1) is 0 Å². The lowest BCUT2D eigenvalue weighted by Crippen LogP contribution is -2.12. The van der Waals surface area contributed by atoms with E-state index >= 15 is 0 Å². The van der Waals surface area contributed by atoms with Gasteiger partial charge in [0.15, 0.2) is 0 Å². The number of rotatable bonds is 3. The van der Waals surface area contributed by atoms with E-state index < -0.39 is 0 Å². The van der Waals surface area contributed by atoms with Crippen LogP contribution >= 0.6 is 0 Å². The highest BCUT2D eigenvalue weighted by Gasteiger charge is 2.09. The van der Waals surface area contributed by atoms with Gasteiger partial charge in [-0.05, 0) is 19.2 Å². The third-order valence-corrected chi connectivity index (χ3v) is 2.30. The minimum Gasteiger partial charge on any atom is -0.459 e. The molecule has 0 fully saturated rings. The Morgan fingerprint density at radius 2 is 2.21 bits per heavy atom. The van der Waals surface area contributed by atoms with Crippen molar-refractivity contribution in [2.45, 2.75) is 6.04 Å². The average Bonchev–Trinajstić information content (AvgIpc) is 2.63. The van der Waals surface area contributed by atoms with Crippen LogP contribution in [0.15, 0.2) is 47.4 Å². The Kier molecular flexibility index (Phi) is 2.37. The predicted molar refractivity (Wildman–Crippen MR) is 58.2 cm³/mol. The summed E-state index contributed by atoms with van der Waals surface area (Å²) in [6.45, 7) is 3.76. The number of furan rings is 1. The summed E-state index contributed by atoms with van der Waals surface area (Å²) in [7, 11) is 1.89. The van der Waals surface area contributed by atoms with Gasteiger partial charge in [-0.1, -0.05) is 24.3 Å². The molecule has 1 heterocycles. The Labute approximate surface area is 83.2 Å². The Hall–Kier alpha value is -1.54. The topological polar surface area (TPSA) is 25.2 Å². The number of hydrogen-bond donors (Lipinski definition) is 1. The van der Waals surface area contributed by atoms with Crippen molar-refractivity contribution >= 4 is 11.0 Å². The van der Waals surface area contributed by atoms with Crippen molar-refractivity contribution in [3.8, 4) is 0 Å². The first-order chi connectivity index (χ1) is 6.85. The zero-order chi connectivity index (χ0) is 9.97. The number of likely N-dealkylation sites (N-methyl/N-ethyl adjacent to an activating group) is 1. The molecule has 0 saturated carbocycles. The van der Waals surface area contributed by atoms with Gasteiger partial charge in [0.1, 0.15) is 11.3 Å². The standard InChI is InChI=1S/C12H13NO/c1-3-10(13-2)12-8-9-6-4-5-7-11(9)14-12/h3-8,10,13H,1H2,2H3. The fourth-order valence-electron chi connectivity index (χ4n) is 1.53. The smallest absolute Gasteiger partial charge is 0.134 e. The van der Waals surface area contributed by atoms with E-state index in [2.05, 4.69) is 11.9 Å². The molecule has 1 aromatic heterocycles. The molecule has 2 aromatic rings. The van der Waals surface area contributed by atoms with Crippen molar-refractivity contribution in [1.29, 1.82) is 0 Å².